The van der Waals surface area contributed by atoms with E-state index >= 15 is 0 Å². The maximum Gasteiger partial charge on any atom is 0.305 e. The molecule has 0 saturated heterocycles. The van der Waals surface area contributed by atoms with Gasteiger partial charge in [-0.05, 0) is 12.8 Å². The van der Waals surface area contributed by atoms with E-state index in [1.54, 1.807) is 6.92 Å². The van der Waals surface area contributed by atoms with Crippen molar-refractivity contribution in [2.75, 3.05) is 0 Å². The van der Waals surface area contributed by atoms with Crippen LogP contribution >= 0.6 is 0 Å². The Kier molecular flexibility index (Phi) is 6.23. The molecule has 0 aliphatic carbocycles. The van der Waals surface area contributed by atoms with Crippen LogP contribution in [0.25, 0.3) is 0 Å². The van der Waals surface area contributed by atoms with Gasteiger partial charge in [0.1, 0.15) is 6.04 Å². The fourth-order valence-corrected chi connectivity index (χ4v) is 1.40. The maximum atomic E-state index is 11.8. The van der Waals surface area contributed by atoms with E-state index in [-0.39, 0.29) is 24.2 Å². The average molecular weight is 244 g/mol. The summed E-state index contributed by atoms with van der Waals surface area (Å²) in [5.41, 5.74) is 0. The van der Waals surface area contributed by atoms with Gasteiger partial charge in [-0.25, -0.2) is 0 Å². The number of hydrogen-bond acceptors (Lipinski definition) is 3. The average Bonchev–Trinajstić information content (AvgIpc) is 2.11. The van der Waals surface area contributed by atoms with Crippen LogP contribution in [0.4, 0.5) is 0 Å². The van der Waals surface area contributed by atoms with Gasteiger partial charge >= 0.3 is 5.97 Å². The standard InChI is InChI=1S/C11H20N2O4/c1-6(2)10(13-8(4)14)11(17)12-7(3)5-9(15)16/h6-7,10H,5H2,1-4H3,(H,12,17)(H,13,14)(H,15,16). The lowest BCUT2D eigenvalue weighted by atomic mass is 10.0. The molecule has 0 spiro atoms. The van der Waals surface area contributed by atoms with E-state index in [9.17, 15) is 14.4 Å². The van der Waals surface area contributed by atoms with E-state index in [1.807, 2.05) is 13.8 Å². The third-order valence-corrected chi connectivity index (χ3v) is 2.18. The molecule has 2 atom stereocenters. The number of hydrogen-bond donors (Lipinski definition) is 3. The minimum absolute atomic E-state index is 0.0593. The van der Waals surface area contributed by atoms with Gasteiger partial charge in [0, 0.05) is 13.0 Å². The minimum atomic E-state index is -0.974. The Balaban J connectivity index is 4.42. The van der Waals surface area contributed by atoms with E-state index in [0.29, 0.717) is 0 Å². The number of nitrogens with one attached hydrogen (secondary N) is 2. The van der Waals surface area contributed by atoms with E-state index in [0.717, 1.165) is 0 Å². The SMILES string of the molecule is CC(=O)NC(C(=O)NC(C)CC(=O)O)C(C)C. The Hall–Kier alpha value is -1.59. The summed E-state index contributed by atoms with van der Waals surface area (Å²) >= 11 is 0. The molecule has 0 bridgehead atoms. The Labute approximate surface area is 101 Å². The first kappa shape index (κ1) is 15.4. The lowest BCUT2D eigenvalue weighted by molar-refractivity contribution is -0.138. The van der Waals surface area contributed by atoms with Crippen LogP contribution in [0.15, 0.2) is 0 Å². The van der Waals surface area contributed by atoms with Gasteiger partial charge in [0.25, 0.3) is 0 Å². The molecule has 0 aliphatic heterocycles. The van der Waals surface area contributed by atoms with E-state index in [2.05, 4.69) is 10.6 Å². The molecule has 0 heterocycles. The fraction of sp³-hybridized carbons (Fsp3) is 0.727. The predicted octanol–water partition coefficient (Wildman–Crippen LogP) is 0.126. The molecule has 6 heteroatoms. The summed E-state index contributed by atoms with van der Waals surface area (Å²) in [7, 11) is 0. The fourth-order valence-electron chi connectivity index (χ4n) is 1.40. The number of carboxylic acid groups (broad SMARTS) is 1. The highest BCUT2D eigenvalue weighted by Crippen LogP contribution is 2.03. The lowest BCUT2D eigenvalue weighted by Gasteiger charge is -2.22. The van der Waals surface area contributed by atoms with Crippen molar-refractivity contribution in [1.82, 2.24) is 10.6 Å². The summed E-state index contributed by atoms with van der Waals surface area (Å²) in [5.74, 6) is -1.68. The molecular weight excluding hydrogens is 224 g/mol. The van der Waals surface area contributed by atoms with E-state index in [1.165, 1.54) is 6.92 Å². The molecule has 17 heavy (non-hydrogen) atoms. The molecule has 3 N–H and O–H groups in total. The quantitative estimate of drug-likeness (QED) is 0.618. The monoisotopic (exact) mass is 244 g/mol. The van der Waals surface area contributed by atoms with Crippen molar-refractivity contribution in [3.8, 4) is 0 Å². The number of carboxylic acids is 1. The van der Waals surface area contributed by atoms with Crippen LogP contribution in [-0.4, -0.2) is 35.0 Å². The third-order valence-electron chi connectivity index (χ3n) is 2.18. The summed E-state index contributed by atoms with van der Waals surface area (Å²) in [6.07, 6.45) is -0.142. The Morgan fingerprint density at radius 2 is 1.65 bits per heavy atom. The highest BCUT2D eigenvalue weighted by molar-refractivity contribution is 5.87. The largest absolute Gasteiger partial charge is 0.481 e. The van der Waals surface area contributed by atoms with Crippen molar-refractivity contribution < 1.29 is 19.5 Å². The molecule has 0 aromatic rings. The van der Waals surface area contributed by atoms with Crippen molar-refractivity contribution in [3.05, 3.63) is 0 Å². The van der Waals surface area contributed by atoms with E-state index < -0.39 is 18.1 Å². The summed E-state index contributed by atoms with van der Waals surface area (Å²) < 4.78 is 0. The van der Waals surface area contributed by atoms with Crippen LogP contribution in [0.5, 0.6) is 0 Å². The van der Waals surface area contributed by atoms with Crippen molar-refractivity contribution in [2.24, 2.45) is 5.92 Å². The molecule has 0 rings (SSSR count). The van der Waals surface area contributed by atoms with Gasteiger partial charge in [-0.1, -0.05) is 13.8 Å². The number of rotatable bonds is 6. The molecule has 6 nitrogen and oxygen atoms in total. The summed E-state index contributed by atoms with van der Waals surface area (Å²) in [6.45, 7) is 6.56. The summed E-state index contributed by atoms with van der Waals surface area (Å²) in [5, 5.41) is 13.7. The number of carbonyl (C=O) groups excluding carboxylic acids is 2. The molecular formula is C11H20N2O4. The first-order valence-corrected chi connectivity index (χ1v) is 5.53. The molecule has 2 unspecified atom stereocenters. The molecule has 0 saturated carbocycles. The second kappa shape index (κ2) is 6.88. The van der Waals surface area contributed by atoms with E-state index in [4.69, 9.17) is 5.11 Å². The molecule has 0 aromatic carbocycles. The number of amides is 2. The zero-order chi connectivity index (χ0) is 13.6. The van der Waals surface area contributed by atoms with Gasteiger partial charge in [0.2, 0.25) is 11.8 Å². The normalized spacial score (nSPS) is 13.9. The van der Waals surface area contributed by atoms with Crippen molar-refractivity contribution in [2.45, 2.75) is 46.2 Å². The first-order chi connectivity index (χ1) is 7.73. The van der Waals surface area contributed by atoms with Crippen LogP contribution in [0.2, 0.25) is 0 Å². The third kappa shape index (κ3) is 6.55. The number of aliphatic carboxylic acids is 1. The molecule has 0 radical (unpaired) electrons. The van der Waals surface area contributed by atoms with Gasteiger partial charge in [-0.2, -0.15) is 0 Å². The highest BCUT2D eigenvalue weighted by Gasteiger charge is 2.24. The summed E-state index contributed by atoms with van der Waals surface area (Å²) in [6, 6.07) is -1.10. The Morgan fingerprint density at radius 3 is 2.00 bits per heavy atom. The van der Waals surface area contributed by atoms with Crippen molar-refractivity contribution in [3.63, 3.8) is 0 Å². The Morgan fingerprint density at radius 1 is 1.12 bits per heavy atom. The zero-order valence-corrected chi connectivity index (χ0v) is 10.6. The van der Waals surface area contributed by atoms with Gasteiger partial charge in [-0.3, -0.25) is 14.4 Å². The van der Waals surface area contributed by atoms with Crippen LogP contribution < -0.4 is 10.6 Å². The molecule has 0 fully saturated rings. The smallest absolute Gasteiger partial charge is 0.305 e. The van der Waals surface area contributed by atoms with Crippen molar-refractivity contribution in [1.29, 1.82) is 0 Å². The van der Waals surface area contributed by atoms with Crippen LogP contribution in [0.3, 0.4) is 0 Å². The zero-order valence-electron chi connectivity index (χ0n) is 10.6. The van der Waals surface area contributed by atoms with Gasteiger partial charge < -0.3 is 15.7 Å². The van der Waals surface area contributed by atoms with Crippen LogP contribution in [-0.2, 0) is 14.4 Å². The minimum Gasteiger partial charge on any atom is -0.481 e. The molecule has 98 valence electrons. The van der Waals surface area contributed by atoms with Crippen molar-refractivity contribution >= 4 is 17.8 Å². The predicted molar refractivity (Wildman–Crippen MR) is 62.3 cm³/mol. The Bertz CT molecular complexity index is 302. The summed E-state index contributed by atoms with van der Waals surface area (Å²) in [4.78, 5) is 33.2. The molecule has 2 amide bonds. The molecule has 0 aliphatic rings. The van der Waals surface area contributed by atoms with Crippen LogP contribution in [0, 0.1) is 5.92 Å². The van der Waals surface area contributed by atoms with Gasteiger partial charge in [0.05, 0.1) is 6.42 Å². The molecule has 0 aromatic heterocycles. The highest BCUT2D eigenvalue weighted by atomic mass is 16.4. The van der Waals surface area contributed by atoms with Gasteiger partial charge in [0.15, 0.2) is 0 Å². The number of carbonyl (C=O) groups is 3. The van der Waals surface area contributed by atoms with Crippen LogP contribution in [0.1, 0.15) is 34.1 Å². The maximum absolute atomic E-state index is 11.8. The second-order valence-corrected chi connectivity index (χ2v) is 4.43. The second-order valence-electron chi connectivity index (χ2n) is 4.43. The first-order valence-electron chi connectivity index (χ1n) is 5.53. The topological polar surface area (TPSA) is 95.5 Å². The van der Waals surface area contributed by atoms with Gasteiger partial charge in [-0.15, -0.1) is 0 Å². The lowest BCUT2D eigenvalue weighted by Crippen LogP contribution is -2.51.